The van der Waals surface area contributed by atoms with Crippen molar-refractivity contribution in [3.63, 3.8) is 0 Å². The molecule has 0 fully saturated rings. The van der Waals surface area contributed by atoms with E-state index in [1.807, 2.05) is 6.07 Å². The molecule has 2 nitrogen and oxygen atoms in total. The Morgan fingerprint density at radius 3 is 2.85 bits per heavy atom. The van der Waals surface area contributed by atoms with Gasteiger partial charge >= 0.3 is 0 Å². The highest BCUT2D eigenvalue weighted by Crippen LogP contribution is 2.04. The Hall–Kier alpha value is -1.70. The second-order valence-electron chi connectivity index (χ2n) is 2.32. The Labute approximate surface area is 80.6 Å². The van der Waals surface area contributed by atoms with Gasteiger partial charge in [0.1, 0.15) is 6.56 Å². The maximum absolute atomic E-state index is 9.32. The lowest BCUT2D eigenvalue weighted by molar-refractivity contribution is 0.117. The lowest BCUT2D eigenvalue weighted by atomic mass is 10.2. The van der Waals surface area contributed by atoms with Gasteiger partial charge in [0.25, 0.3) is 5.95 Å². The number of ether oxygens (including phenoxy) is 1. The fourth-order valence-corrected chi connectivity index (χ4v) is 0.823. The zero-order valence-electron chi connectivity index (χ0n) is 9.10. The number of benzene rings is 1. The zero-order chi connectivity index (χ0) is 11.3. The molecule has 0 saturated carbocycles. The molecule has 0 aliphatic rings. The molecule has 0 aliphatic heterocycles. The molecule has 1 aromatic carbocycles. The number of hydrogen-bond donors (Lipinski definition) is 1. The van der Waals surface area contributed by atoms with Crippen molar-refractivity contribution in [2.45, 2.75) is 0 Å². The molecule has 13 heavy (non-hydrogen) atoms. The van der Waals surface area contributed by atoms with Crippen molar-refractivity contribution in [2.75, 3.05) is 6.56 Å². The standard InChI is InChI=1S/C11H12O2/c1-2-8-13-11(12)9-10-6-4-3-5-7-10/h2-7,9,12H,1,8H2/b11-9+/i8D2. The summed E-state index contributed by atoms with van der Waals surface area (Å²) in [6.45, 7) is 1.19. The average Bonchev–Trinajstić information content (AvgIpc) is 2.18. The van der Waals surface area contributed by atoms with E-state index in [1.165, 1.54) is 6.08 Å². The van der Waals surface area contributed by atoms with Gasteiger partial charge in [0.2, 0.25) is 0 Å². The number of hydrogen-bond acceptors (Lipinski definition) is 2. The van der Waals surface area contributed by atoms with Gasteiger partial charge in [-0.3, -0.25) is 0 Å². The van der Waals surface area contributed by atoms with Gasteiger partial charge in [-0.05, 0) is 5.56 Å². The molecule has 1 N–H and O–H groups in total. The highest BCUT2D eigenvalue weighted by atomic mass is 16.6. The van der Waals surface area contributed by atoms with E-state index in [1.54, 1.807) is 24.3 Å². The Morgan fingerprint density at radius 1 is 1.54 bits per heavy atom. The van der Waals surface area contributed by atoms with Crippen molar-refractivity contribution in [2.24, 2.45) is 0 Å². The maximum Gasteiger partial charge on any atom is 0.277 e. The lowest BCUT2D eigenvalue weighted by Crippen LogP contribution is -1.90. The quantitative estimate of drug-likeness (QED) is 0.567. The molecule has 0 radical (unpaired) electrons. The Morgan fingerprint density at radius 2 is 2.23 bits per heavy atom. The van der Waals surface area contributed by atoms with Crippen LogP contribution in [0.1, 0.15) is 8.30 Å². The fraction of sp³-hybridized carbons (Fsp3) is 0.0909. The van der Waals surface area contributed by atoms with Crippen LogP contribution in [-0.4, -0.2) is 11.7 Å². The van der Waals surface area contributed by atoms with E-state index in [2.05, 4.69) is 11.3 Å². The van der Waals surface area contributed by atoms with Crippen molar-refractivity contribution < 1.29 is 12.6 Å². The van der Waals surface area contributed by atoms with Crippen LogP contribution in [-0.2, 0) is 4.74 Å². The van der Waals surface area contributed by atoms with E-state index in [-0.39, 0.29) is 0 Å². The summed E-state index contributed by atoms with van der Waals surface area (Å²) in [5.74, 6) is -0.480. The van der Waals surface area contributed by atoms with Crippen LogP contribution in [0.5, 0.6) is 0 Å². The molecule has 0 unspecified atom stereocenters. The second kappa shape index (κ2) is 5.04. The molecule has 0 heterocycles. The highest BCUT2D eigenvalue weighted by molar-refractivity contribution is 5.49. The monoisotopic (exact) mass is 178 g/mol. The highest BCUT2D eigenvalue weighted by Gasteiger charge is 1.91. The molecule has 0 atom stereocenters. The van der Waals surface area contributed by atoms with E-state index < -0.39 is 12.5 Å². The van der Waals surface area contributed by atoms with Crippen LogP contribution in [0.2, 0.25) is 0 Å². The van der Waals surface area contributed by atoms with E-state index in [0.717, 1.165) is 11.6 Å². The molecule has 0 spiro atoms. The van der Waals surface area contributed by atoms with Gasteiger partial charge in [-0.25, -0.2) is 0 Å². The van der Waals surface area contributed by atoms with E-state index >= 15 is 0 Å². The van der Waals surface area contributed by atoms with Gasteiger partial charge in [0.15, 0.2) is 0 Å². The first-order valence-corrected chi connectivity index (χ1v) is 3.82. The van der Waals surface area contributed by atoms with Gasteiger partial charge < -0.3 is 9.84 Å². The topological polar surface area (TPSA) is 29.5 Å². The Bertz CT molecular complexity index is 358. The summed E-state index contributed by atoms with van der Waals surface area (Å²) in [5.41, 5.74) is 0.731. The van der Waals surface area contributed by atoms with Crippen LogP contribution in [0.3, 0.4) is 0 Å². The first kappa shape index (κ1) is 6.78. The van der Waals surface area contributed by atoms with Crippen LogP contribution < -0.4 is 0 Å². The summed E-state index contributed by atoms with van der Waals surface area (Å²) < 4.78 is 19.0. The predicted molar refractivity (Wildman–Crippen MR) is 53.2 cm³/mol. The van der Waals surface area contributed by atoms with Crippen molar-refractivity contribution in [1.82, 2.24) is 0 Å². The largest absolute Gasteiger partial charge is 0.481 e. The molecule has 0 aromatic heterocycles. The van der Waals surface area contributed by atoms with Gasteiger partial charge in [-0.1, -0.05) is 43.0 Å². The van der Waals surface area contributed by atoms with Gasteiger partial charge in [0, 0.05) is 6.08 Å². The first-order valence-electron chi connectivity index (χ1n) is 4.82. The second-order valence-corrected chi connectivity index (χ2v) is 2.32. The predicted octanol–water partition coefficient (Wildman–Crippen LogP) is 2.75. The number of aliphatic hydroxyl groups excluding tert-OH is 1. The molecule has 0 saturated heterocycles. The van der Waals surface area contributed by atoms with Gasteiger partial charge in [-0.2, -0.15) is 0 Å². The zero-order valence-corrected chi connectivity index (χ0v) is 7.10. The minimum absolute atomic E-state index is 0.480. The van der Waals surface area contributed by atoms with Crippen molar-refractivity contribution in [1.29, 1.82) is 0 Å². The minimum atomic E-state index is -2.06. The summed E-state index contributed by atoms with van der Waals surface area (Å²) in [7, 11) is 0. The SMILES string of the molecule is [2H]C([2H])(C=C)O/C(O)=C/c1ccccc1. The Kier molecular flexibility index (Phi) is 2.63. The summed E-state index contributed by atoms with van der Waals surface area (Å²) in [6, 6.07) is 8.99. The van der Waals surface area contributed by atoms with E-state index in [0.29, 0.717) is 0 Å². The molecule has 1 aromatic rings. The molecule has 2 heteroatoms. The van der Waals surface area contributed by atoms with Gasteiger partial charge in [-0.15, -0.1) is 0 Å². The third kappa shape index (κ3) is 3.47. The first-order chi connectivity index (χ1) is 7.03. The van der Waals surface area contributed by atoms with Crippen LogP contribution in [0, 0.1) is 0 Å². The maximum atomic E-state index is 9.32. The lowest BCUT2D eigenvalue weighted by Gasteiger charge is -2.00. The van der Waals surface area contributed by atoms with E-state index in [4.69, 9.17) is 2.74 Å². The smallest absolute Gasteiger partial charge is 0.277 e. The van der Waals surface area contributed by atoms with Crippen molar-refractivity contribution >= 4 is 6.08 Å². The average molecular weight is 178 g/mol. The molecule has 0 aliphatic carbocycles. The van der Waals surface area contributed by atoms with Crippen LogP contribution >= 0.6 is 0 Å². The van der Waals surface area contributed by atoms with Crippen molar-refractivity contribution in [3.05, 3.63) is 54.5 Å². The van der Waals surface area contributed by atoms with Crippen LogP contribution in [0.4, 0.5) is 0 Å². The summed E-state index contributed by atoms with van der Waals surface area (Å²) in [4.78, 5) is 0. The summed E-state index contributed by atoms with van der Waals surface area (Å²) in [6.07, 6.45) is 2.31. The summed E-state index contributed by atoms with van der Waals surface area (Å²) >= 11 is 0. The molecule has 0 bridgehead atoms. The third-order valence-corrected chi connectivity index (χ3v) is 1.34. The number of rotatable bonds is 4. The molecule has 1 rings (SSSR count). The van der Waals surface area contributed by atoms with Crippen LogP contribution in [0.25, 0.3) is 6.08 Å². The van der Waals surface area contributed by atoms with Crippen LogP contribution in [0.15, 0.2) is 48.9 Å². The third-order valence-electron chi connectivity index (χ3n) is 1.34. The normalized spacial score (nSPS) is 14.3. The number of aliphatic hydroxyl groups is 1. The Balaban J connectivity index is 2.73. The molecular formula is C11H12O2. The van der Waals surface area contributed by atoms with Crippen molar-refractivity contribution in [3.8, 4) is 0 Å². The minimum Gasteiger partial charge on any atom is -0.481 e. The fourth-order valence-electron chi connectivity index (χ4n) is 0.823. The molecule has 68 valence electrons. The summed E-state index contributed by atoms with van der Waals surface area (Å²) in [5, 5.41) is 9.32. The van der Waals surface area contributed by atoms with E-state index in [9.17, 15) is 5.11 Å². The van der Waals surface area contributed by atoms with Gasteiger partial charge in [0.05, 0.1) is 2.74 Å². The molecule has 0 amide bonds. The molecular weight excluding hydrogens is 164 g/mol.